The lowest BCUT2D eigenvalue weighted by atomic mass is 9.83. The summed E-state index contributed by atoms with van der Waals surface area (Å²) in [6, 6.07) is 12.8. The van der Waals surface area contributed by atoms with Gasteiger partial charge in [-0.1, -0.05) is 18.2 Å². The molecule has 36 heavy (non-hydrogen) atoms. The third-order valence-electron chi connectivity index (χ3n) is 5.93. The van der Waals surface area contributed by atoms with Crippen LogP contribution in [0.25, 0.3) is 17.5 Å². The zero-order valence-corrected chi connectivity index (χ0v) is 20.4. The number of aryl methyl sites for hydroxylation is 2. The molecule has 3 N–H and O–H groups in total. The molecule has 0 saturated carbocycles. The molecule has 0 saturated heterocycles. The van der Waals surface area contributed by atoms with Gasteiger partial charge in [0.25, 0.3) is 11.5 Å². The molecule has 182 valence electrons. The third-order valence-corrected chi connectivity index (χ3v) is 7.04. The predicted molar refractivity (Wildman–Crippen MR) is 134 cm³/mol. The summed E-state index contributed by atoms with van der Waals surface area (Å²) in [7, 11) is 1.17. The summed E-state index contributed by atoms with van der Waals surface area (Å²) < 4.78 is 19.5. The lowest BCUT2D eigenvalue weighted by molar-refractivity contribution is -0.133. The molecule has 1 unspecified atom stereocenters. The Morgan fingerprint density at radius 2 is 1.89 bits per heavy atom. The molecular weight excluding hydrogens is 483 g/mol. The Morgan fingerprint density at radius 3 is 2.50 bits per heavy atom. The Labute approximate surface area is 209 Å². The van der Waals surface area contributed by atoms with Crippen molar-refractivity contribution in [2.45, 2.75) is 19.8 Å². The van der Waals surface area contributed by atoms with Crippen LogP contribution >= 0.6 is 11.3 Å². The summed E-state index contributed by atoms with van der Waals surface area (Å²) in [5.74, 6) is -2.98. The van der Waals surface area contributed by atoms with Gasteiger partial charge in [0.1, 0.15) is 20.8 Å². The minimum Gasteiger partial charge on any atom is -0.466 e. The van der Waals surface area contributed by atoms with Gasteiger partial charge in [0.15, 0.2) is 0 Å². The predicted octanol–water partition coefficient (Wildman–Crippen LogP) is 1.86. The second kappa shape index (κ2) is 9.64. The van der Waals surface area contributed by atoms with Crippen LogP contribution in [0.2, 0.25) is 0 Å². The van der Waals surface area contributed by atoms with E-state index in [1.807, 2.05) is 26.0 Å². The van der Waals surface area contributed by atoms with Gasteiger partial charge in [0.2, 0.25) is 0 Å². The molecule has 1 aliphatic rings. The van der Waals surface area contributed by atoms with E-state index in [1.165, 1.54) is 31.4 Å². The lowest BCUT2D eigenvalue weighted by Crippen LogP contribution is -2.40. The molecule has 0 aliphatic carbocycles. The number of anilines is 1. The second-order valence-corrected chi connectivity index (χ2v) is 9.17. The van der Waals surface area contributed by atoms with E-state index in [0.29, 0.717) is 11.3 Å². The number of halogens is 1. The van der Waals surface area contributed by atoms with Gasteiger partial charge >= 0.3 is 5.97 Å². The zero-order chi connectivity index (χ0) is 26.1. The molecule has 0 bridgehead atoms. The van der Waals surface area contributed by atoms with Crippen molar-refractivity contribution in [3.05, 3.63) is 90.1 Å². The Balaban J connectivity index is 2.04. The van der Waals surface area contributed by atoms with Crippen molar-refractivity contribution in [1.29, 1.82) is 5.26 Å². The first-order valence-electron chi connectivity index (χ1n) is 10.8. The minimum absolute atomic E-state index is 0.0201. The number of nitrogens with two attached hydrogens (primary N) is 1. The normalized spacial score (nSPS) is 15.4. The number of nitrogens with one attached hydrogen (secondary N) is 1. The number of nitriles is 1. The number of thiazole rings is 1. The number of hydrogen-bond donors (Lipinski definition) is 2. The van der Waals surface area contributed by atoms with E-state index >= 15 is 0 Å². The fourth-order valence-corrected chi connectivity index (χ4v) is 5.07. The van der Waals surface area contributed by atoms with Crippen LogP contribution in [0.3, 0.4) is 0 Å². The number of carbonyl (C=O) groups is 2. The number of methoxy groups -OCH3 is 1. The van der Waals surface area contributed by atoms with Crippen molar-refractivity contribution < 1.29 is 18.7 Å². The monoisotopic (exact) mass is 504 g/mol. The van der Waals surface area contributed by atoms with Crippen molar-refractivity contribution in [2.24, 2.45) is 5.73 Å². The van der Waals surface area contributed by atoms with E-state index in [0.717, 1.165) is 33.1 Å². The van der Waals surface area contributed by atoms with E-state index in [2.05, 4.69) is 10.1 Å². The number of rotatable bonds is 4. The number of benzene rings is 2. The number of amides is 1. The first kappa shape index (κ1) is 24.6. The van der Waals surface area contributed by atoms with E-state index in [9.17, 15) is 24.0 Å². The molecule has 2 aromatic carbocycles. The highest BCUT2D eigenvalue weighted by atomic mass is 32.1. The van der Waals surface area contributed by atoms with E-state index < -0.39 is 29.2 Å². The molecule has 1 aromatic heterocycles. The molecule has 8 nitrogen and oxygen atoms in total. The van der Waals surface area contributed by atoms with E-state index in [-0.39, 0.29) is 26.2 Å². The third kappa shape index (κ3) is 4.32. The average Bonchev–Trinajstić information content (AvgIpc) is 3.17. The van der Waals surface area contributed by atoms with Crippen LogP contribution < -0.4 is 25.8 Å². The van der Waals surface area contributed by atoms with Gasteiger partial charge < -0.3 is 15.8 Å². The molecule has 2 heterocycles. The van der Waals surface area contributed by atoms with Gasteiger partial charge in [-0.3, -0.25) is 14.2 Å². The number of nitrogens with zero attached hydrogens (tertiary/aromatic N) is 2. The molecule has 1 aliphatic heterocycles. The highest BCUT2D eigenvalue weighted by Gasteiger charge is 2.35. The number of carbonyl (C=O) groups excluding carboxylic acids is 2. The Hall–Kier alpha value is -4.49. The largest absolute Gasteiger partial charge is 0.466 e. The summed E-state index contributed by atoms with van der Waals surface area (Å²) in [4.78, 5) is 38.7. The topological polar surface area (TPSA) is 127 Å². The smallest absolute Gasteiger partial charge is 0.332 e. The minimum atomic E-state index is -0.980. The fourth-order valence-electron chi connectivity index (χ4n) is 3.94. The van der Waals surface area contributed by atoms with Gasteiger partial charge in [-0.25, -0.2) is 9.18 Å². The molecule has 0 radical (unpaired) electrons. The maximum Gasteiger partial charge on any atom is 0.332 e. The van der Waals surface area contributed by atoms with Gasteiger partial charge in [0.05, 0.1) is 30.2 Å². The fraction of sp³-hybridized carbons (Fsp3) is 0.154. The molecule has 3 aromatic rings. The molecule has 0 fully saturated rings. The summed E-state index contributed by atoms with van der Waals surface area (Å²) >= 11 is 0.875. The van der Waals surface area contributed by atoms with Crippen molar-refractivity contribution >= 4 is 46.4 Å². The molecule has 10 heteroatoms. The molecule has 4 rings (SSSR count). The highest BCUT2D eigenvalue weighted by molar-refractivity contribution is 7.07. The van der Waals surface area contributed by atoms with Crippen LogP contribution in [-0.4, -0.2) is 23.6 Å². The standard InChI is InChI=1S/C26H21FN4O4S/c1-13-4-9-17(10-14(13)2)30-24(33)22-21(15-5-7-16(27)8-6-15)18(12-28)23(29)31-25(34)19(36-26(22)31)11-20(32)35-3/h4-11,21H,29H2,1-3H3,(H,30,33). The Bertz CT molecular complexity index is 1660. The van der Waals surface area contributed by atoms with Gasteiger partial charge in [-0.2, -0.15) is 5.26 Å². The number of fused-ring (bicyclic) bond motifs is 1. The average molecular weight is 505 g/mol. The van der Waals surface area contributed by atoms with Crippen LogP contribution in [-0.2, 0) is 14.3 Å². The van der Waals surface area contributed by atoms with Crippen LogP contribution in [0.1, 0.15) is 22.6 Å². The van der Waals surface area contributed by atoms with Crippen LogP contribution in [0, 0.1) is 31.0 Å². The zero-order valence-electron chi connectivity index (χ0n) is 19.6. The van der Waals surface area contributed by atoms with Gasteiger partial charge in [0, 0.05) is 11.8 Å². The van der Waals surface area contributed by atoms with Crippen LogP contribution in [0.5, 0.6) is 0 Å². The van der Waals surface area contributed by atoms with Gasteiger partial charge in [-0.15, -0.1) is 11.3 Å². The van der Waals surface area contributed by atoms with E-state index in [4.69, 9.17) is 5.73 Å². The summed E-state index contributed by atoms with van der Waals surface area (Å²) in [5.41, 5.74) is 8.57. The highest BCUT2D eigenvalue weighted by Crippen LogP contribution is 2.36. The number of esters is 1. The maximum atomic E-state index is 13.7. The number of hydrogen-bond acceptors (Lipinski definition) is 7. The number of allylic oxidation sites excluding steroid dienone is 1. The van der Waals surface area contributed by atoms with E-state index in [1.54, 1.807) is 12.1 Å². The Morgan fingerprint density at radius 1 is 1.19 bits per heavy atom. The molecule has 1 amide bonds. The summed E-state index contributed by atoms with van der Waals surface area (Å²) in [6.45, 7) is 3.85. The van der Waals surface area contributed by atoms with Crippen molar-refractivity contribution in [3.63, 3.8) is 0 Å². The lowest BCUT2D eigenvalue weighted by Gasteiger charge is -2.25. The first-order valence-corrected chi connectivity index (χ1v) is 11.6. The van der Waals surface area contributed by atoms with Crippen molar-refractivity contribution in [1.82, 2.24) is 4.57 Å². The van der Waals surface area contributed by atoms with Crippen LogP contribution in [0.4, 0.5) is 10.1 Å². The first-order chi connectivity index (χ1) is 17.2. The molecular formula is C26H21FN4O4S. The Kier molecular flexibility index (Phi) is 6.59. The number of ether oxygens (including phenoxy) is 1. The molecule has 1 atom stereocenters. The van der Waals surface area contributed by atoms with Gasteiger partial charge in [-0.05, 0) is 54.8 Å². The van der Waals surface area contributed by atoms with Crippen molar-refractivity contribution in [3.8, 4) is 6.07 Å². The quantitative estimate of drug-likeness (QED) is 0.522. The SMILES string of the molecule is COC(=O)C=c1sc2n(c1=O)C(N)=C(C#N)C(c1ccc(F)cc1)C=2C(=O)Nc1ccc(C)c(C)c1. The maximum absolute atomic E-state index is 13.7. The van der Waals surface area contributed by atoms with Crippen molar-refractivity contribution in [2.75, 3.05) is 12.4 Å². The summed E-state index contributed by atoms with van der Waals surface area (Å²) in [5, 5.41) is 12.8. The second-order valence-electron chi connectivity index (χ2n) is 8.14. The van der Waals surface area contributed by atoms with Crippen LogP contribution in [0.15, 0.2) is 52.8 Å². The number of aromatic nitrogens is 1. The molecule has 0 spiro atoms. The summed E-state index contributed by atoms with van der Waals surface area (Å²) in [6.07, 6.45) is 1.00.